The zero-order valence-electron chi connectivity index (χ0n) is 9.79. The maximum absolute atomic E-state index is 6.42. The minimum absolute atomic E-state index is 0.249. The standard InChI is InChI=1S/C14H21N/c1-3-9-14(4-2)10-11-7-5-6-8-12(11)13(14)15/h5-8,13H,3-4,9-10,15H2,1-2H3. The highest BCUT2D eigenvalue weighted by molar-refractivity contribution is 5.37. The number of hydrogen-bond donors (Lipinski definition) is 1. The van der Waals surface area contributed by atoms with Gasteiger partial charge in [0.1, 0.15) is 0 Å². The van der Waals surface area contributed by atoms with Gasteiger partial charge in [-0.15, -0.1) is 0 Å². The van der Waals surface area contributed by atoms with Crippen molar-refractivity contribution >= 4 is 0 Å². The van der Waals surface area contributed by atoms with Crippen molar-refractivity contribution in [1.29, 1.82) is 0 Å². The van der Waals surface area contributed by atoms with Gasteiger partial charge in [0.2, 0.25) is 0 Å². The van der Waals surface area contributed by atoms with Gasteiger partial charge in [-0.05, 0) is 35.8 Å². The predicted molar refractivity (Wildman–Crippen MR) is 64.7 cm³/mol. The van der Waals surface area contributed by atoms with E-state index in [2.05, 4.69) is 38.1 Å². The maximum Gasteiger partial charge on any atom is 0.0357 e. The molecule has 82 valence electrons. The first-order valence-electron chi connectivity index (χ1n) is 6.07. The Morgan fingerprint density at radius 1 is 1.33 bits per heavy atom. The van der Waals surface area contributed by atoms with Crippen LogP contribution in [0.2, 0.25) is 0 Å². The van der Waals surface area contributed by atoms with Crippen LogP contribution in [0.4, 0.5) is 0 Å². The Kier molecular flexibility index (Phi) is 2.83. The summed E-state index contributed by atoms with van der Waals surface area (Å²) < 4.78 is 0. The Labute approximate surface area is 92.7 Å². The second-order valence-electron chi connectivity index (χ2n) is 4.82. The van der Waals surface area contributed by atoms with Gasteiger partial charge in [-0.1, -0.05) is 44.5 Å². The molecule has 0 spiro atoms. The monoisotopic (exact) mass is 203 g/mol. The molecule has 0 saturated heterocycles. The third-order valence-electron chi connectivity index (χ3n) is 4.04. The molecule has 1 aliphatic rings. The van der Waals surface area contributed by atoms with E-state index < -0.39 is 0 Å². The lowest BCUT2D eigenvalue weighted by molar-refractivity contribution is 0.213. The third-order valence-corrected chi connectivity index (χ3v) is 4.04. The average molecular weight is 203 g/mol. The smallest absolute Gasteiger partial charge is 0.0357 e. The fourth-order valence-electron chi connectivity index (χ4n) is 3.08. The molecule has 0 bridgehead atoms. The van der Waals surface area contributed by atoms with E-state index in [1.165, 1.54) is 36.8 Å². The average Bonchev–Trinajstić information content (AvgIpc) is 2.54. The highest BCUT2D eigenvalue weighted by atomic mass is 14.7. The van der Waals surface area contributed by atoms with Crippen LogP contribution in [0.25, 0.3) is 0 Å². The van der Waals surface area contributed by atoms with Crippen LogP contribution in [-0.2, 0) is 6.42 Å². The van der Waals surface area contributed by atoms with E-state index >= 15 is 0 Å². The summed E-state index contributed by atoms with van der Waals surface area (Å²) in [5, 5.41) is 0. The molecule has 1 nitrogen and oxygen atoms in total. The number of benzene rings is 1. The van der Waals surface area contributed by atoms with Crippen molar-refractivity contribution in [3.05, 3.63) is 35.4 Å². The molecule has 0 radical (unpaired) electrons. The van der Waals surface area contributed by atoms with E-state index in [-0.39, 0.29) is 6.04 Å². The number of nitrogens with two attached hydrogens (primary N) is 1. The Balaban J connectivity index is 2.35. The molecule has 0 saturated carbocycles. The quantitative estimate of drug-likeness (QED) is 0.800. The van der Waals surface area contributed by atoms with Gasteiger partial charge in [0.15, 0.2) is 0 Å². The van der Waals surface area contributed by atoms with Gasteiger partial charge in [0.25, 0.3) is 0 Å². The normalized spacial score (nSPS) is 29.1. The van der Waals surface area contributed by atoms with Crippen molar-refractivity contribution in [1.82, 2.24) is 0 Å². The molecule has 2 rings (SSSR count). The Morgan fingerprint density at radius 3 is 2.67 bits per heavy atom. The van der Waals surface area contributed by atoms with Gasteiger partial charge in [0, 0.05) is 6.04 Å². The van der Waals surface area contributed by atoms with Crippen molar-refractivity contribution in [3.8, 4) is 0 Å². The molecule has 0 heterocycles. The maximum atomic E-state index is 6.42. The fourth-order valence-corrected chi connectivity index (χ4v) is 3.08. The SMILES string of the molecule is CCCC1(CC)Cc2ccccc2C1N. The summed E-state index contributed by atoms with van der Waals surface area (Å²) in [6, 6.07) is 8.92. The molecule has 2 atom stereocenters. The molecule has 1 aromatic carbocycles. The summed E-state index contributed by atoms with van der Waals surface area (Å²) in [6.07, 6.45) is 4.85. The molecule has 0 amide bonds. The first-order chi connectivity index (χ1) is 7.23. The van der Waals surface area contributed by atoms with Gasteiger partial charge in [0.05, 0.1) is 0 Å². The van der Waals surface area contributed by atoms with Crippen molar-refractivity contribution < 1.29 is 0 Å². The van der Waals surface area contributed by atoms with Gasteiger partial charge in [-0.25, -0.2) is 0 Å². The van der Waals surface area contributed by atoms with Gasteiger partial charge >= 0.3 is 0 Å². The van der Waals surface area contributed by atoms with E-state index in [1.807, 2.05) is 0 Å². The Bertz CT molecular complexity index is 345. The highest BCUT2D eigenvalue weighted by Crippen LogP contribution is 2.49. The van der Waals surface area contributed by atoms with Crippen LogP contribution < -0.4 is 5.73 Å². The first kappa shape index (κ1) is 10.7. The molecule has 2 unspecified atom stereocenters. The molecule has 1 heteroatoms. The lowest BCUT2D eigenvalue weighted by atomic mass is 9.75. The van der Waals surface area contributed by atoms with Crippen LogP contribution in [0.5, 0.6) is 0 Å². The molecular weight excluding hydrogens is 182 g/mol. The van der Waals surface area contributed by atoms with Crippen LogP contribution in [0.15, 0.2) is 24.3 Å². The fraction of sp³-hybridized carbons (Fsp3) is 0.571. The number of rotatable bonds is 3. The zero-order valence-corrected chi connectivity index (χ0v) is 9.79. The second-order valence-corrected chi connectivity index (χ2v) is 4.82. The summed E-state index contributed by atoms with van der Waals surface area (Å²) >= 11 is 0. The molecular formula is C14H21N. The predicted octanol–water partition coefficient (Wildman–Crippen LogP) is 3.44. The zero-order chi connectivity index (χ0) is 10.9. The molecule has 1 aromatic rings. The van der Waals surface area contributed by atoms with E-state index in [4.69, 9.17) is 5.73 Å². The van der Waals surface area contributed by atoms with Crippen LogP contribution in [0.1, 0.15) is 50.3 Å². The third kappa shape index (κ3) is 1.59. The lowest BCUT2D eigenvalue weighted by Crippen LogP contribution is -2.30. The van der Waals surface area contributed by atoms with Gasteiger partial charge in [-0.2, -0.15) is 0 Å². The Morgan fingerprint density at radius 2 is 2.07 bits per heavy atom. The van der Waals surface area contributed by atoms with Crippen LogP contribution in [0.3, 0.4) is 0 Å². The Hall–Kier alpha value is -0.820. The summed E-state index contributed by atoms with van der Waals surface area (Å²) in [4.78, 5) is 0. The first-order valence-corrected chi connectivity index (χ1v) is 6.07. The van der Waals surface area contributed by atoms with Crippen molar-refractivity contribution in [2.45, 2.75) is 45.6 Å². The largest absolute Gasteiger partial charge is 0.323 e. The van der Waals surface area contributed by atoms with Crippen LogP contribution in [-0.4, -0.2) is 0 Å². The lowest BCUT2D eigenvalue weighted by Gasteiger charge is -2.32. The molecule has 0 fully saturated rings. The van der Waals surface area contributed by atoms with Crippen molar-refractivity contribution in [2.24, 2.45) is 11.1 Å². The molecule has 1 aliphatic carbocycles. The van der Waals surface area contributed by atoms with Gasteiger partial charge < -0.3 is 5.73 Å². The van der Waals surface area contributed by atoms with Crippen molar-refractivity contribution in [3.63, 3.8) is 0 Å². The summed E-state index contributed by atoms with van der Waals surface area (Å²) in [5.74, 6) is 0. The molecule has 2 N–H and O–H groups in total. The summed E-state index contributed by atoms with van der Waals surface area (Å²) in [7, 11) is 0. The van der Waals surface area contributed by atoms with E-state index in [9.17, 15) is 0 Å². The van der Waals surface area contributed by atoms with Gasteiger partial charge in [-0.3, -0.25) is 0 Å². The van der Waals surface area contributed by atoms with Crippen LogP contribution in [0, 0.1) is 5.41 Å². The summed E-state index contributed by atoms with van der Waals surface area (Å²) in [5.41, 5.74) is 9.61. The molecule has 15 heavy (non-hydrogen) atoms. The second kappa shape index (κ2) is 3.97. The molecule has 0 aromatic heterocycles. The van der Waals surface area contributed by atoms with E-state index in [0.29, 0.717) is 5.41 Å². The number of hydrogen-bond acceptors (Lipinski definition) is 1. The molecule has 0 aliphatic heterocycles. The minimum Gasteiger partial charge on any atom is -0.323 e. The topological polar surface area (TPSA) is 26.0 Å². The number of fused-ring (bicyclic) bond motifs is 1. The van der Waals surface area contributed by atoms with Crippen LogP contribution >= 0.6 is 0 Å². The van der Waals surface area contributed by atoms with E-state index in [1.54, 1.807) is 0 Å². The van der Waals surface area contributed by atoms with Crippen molar-refractivity contribution in [2.75, 3.05) is 0 Å². The minimum atomic E-state index is 0.249. The highest BCUT2D eigenvalue weighted by Gasteiger charge is 2.41. The van der Waals surface area contributed by atoms with E-state index in [0.717, 1.165) is 0 Å². The summed E-state index contributed by atoms with van der Waals surface area (Å²) in [6.45, 7) is 4.54.